The molecule has 0 aliphatic heterocycles. The van der Waals surface area contributed by atoms with Gasteiger partial charge in [-0.2, -0.15) is 13.2 Å². The second-order valence-electron chi connectivity index (χ2n) is 3.40. The Bertz CT molecular complexity index is 415. The third-order valence-corrected chi connectivity index (χ3v) is 2.21. The number of carboxylic acid groups (broad SMARTS) is 1. The van der Waals surface area contributed by atoms with Gasteiger partial charge in [0.2, 0.25) is 0 Å². The lowest BCUT2D eigenvalue weighted by atomic mass is 9.99. The van der Waals surface area contributed by atoms with Gasteiger partial charge < -0.3 is 10.8 Å². The Morgan fingerprint density at radius 1 is 1.44 bits per heavy atom. The summed E-state index contributed by atoms with van der Waals surface area (Å²) < 4.78 is 37.1. The lowest BCUT2D eigenvalue weighted by Gasteiger charge is -2.18. The zero-order valence-corrected chi connectivity index (χ0v) is 8.38. The molecule has 1 aromatic rings. The van der Waals surface area contributed by atoms with Gasteiger partial charge in [-0.1, -0.05) is 6.07 Å². The van der Waals surface area contributed by atoms with Crippen LogP contribution in [0.2, 0.25) is 0 Å². The van der Waals surface area contributed by atoms with Gasteiger partial charge in [0.05, 0.1) is 5.56 Å². The molecule has 0 spiro atoms. The third kappa shape index (κ3) is 2.52. The van der Waals surface area contributed by atoms with Gasteiger partial charge in [0, 0.05) is 0 Å². The zero-order chi connectivity index (χ0) is 12.5. The van der Waals surface area contributed by atoms with Crippen molar-refractivity contribution in [1.29, 1.82) is 0 Å². The van der Waals surface area contributed by atoms with Crippen LogP contribution in [0.3, 0.4) is 0 Å². The largest absolute Gasteiger partial charge is 0.478 e. The van der Waals surface area contributed by atoms with Crippen molar-refractivity contribution in [2.75, 3.05) is 0 Å². The van der Waals surface area contributed by atoms with E-state index < -0.39 is 18.2 Å². The van der Waals surface area contributed by atoms with Gasteiger partial charge in [-0.05, 0) is 30.2 Å². The van der Waals surface area contributed by atoms with Crippen LogP contribution in [-0.2, 0) is 0 Å². The van der Waals surface area contributed by atoms with Gasteiger partial charge in [-0.3, -0.25) is 0 Å². The first-order chi connectivity index (χ1) is 7.23. The monoisotopic (exact) mass is 233 g/mol. The van der Waals surface area contributed by atoms with Gasteiger partial charge in [-0.25, -0.2) is 4.79 Å². The summed E-state index contributed by atoms with van der Waals surface area (Å²) in [4.78, 5) is 10.6. The van der Waals surface area contributed by atoms with E-state index in [1.807, 2.05) is 0 Å². The number of nitrogens with two attached hydrogens (primary N) is 1. The minimum absolute atomic E-state index is 0.208. The van der Waals surface area contributed by atoms with E-state index in [-0.39, 0.29) is 11.1 Å². The maximum absolute atomic E-state index is 12.4. The molecule has 0 radical (unpaired) electrons. The molecule has 1 aromatic carbocycles. The molecule has 0 amide bonds. The first-order valence-electron chi connectivity index (χ1n) is 4.39. The molecule has 6 heteroatoms. The molecule has 0 saturated heterocycles. The highest BCUT2D eigenvalue weighted by molar-refractivity contribution is 5.87. The number of hydrogen-bond acceptors (Lipinski definition) is 2. The van der Waals surface area contributed by atoms with E-state index in [0.717, 1.165) is 6.07 Å². The Morgan fingerprint density at radius 3 is 2.44 bits per heavy atom. The predicted octanol–water partition coefficient (Wildman–Crippen LogP) is 2.26. The van der Waals surface area contributed by atoms with Crippen molar-refractivity contribution in [2.24, 2.45) is 5.73 Å². The van der Waals surface area contributed by atoms with Crippen molar-refractivity contribution in [2.45, 2.75) is 19.1 Å². The van der Waals surface area contributed by atoms with Crippen LogP contribution in [-0.4, -0.2) is 17.3 Å². The van der Waals surface area contributed by atoms with Crippen molar-refractivity contribution in [3.8, 4) is 0 Å². The molecule has 16 heavy (non-hydrogen) atoms. The van der Waals surface area contributed by atoms with E-state index in [0.29, 0.717) is 5.56 Å². The number of aromatic carboxylic acids is 1. The summed E-state index contributed by atoms with van der Waals surface area (Å²) in [6.07, 6.45) is -4.58. The molecule has 3 N–H and O–H groups in total. The molecule has 0 aliphatic carbocycles. The van der Waals surface area contributed by atoms with E-state index in [2.05, 4.69) is 0 Å². The Morgan fingerprint density at radius 2 is 2.00 bits per heavy atom. The lowest BCUT2D eigenvalue weighted by molar-refractivity contribution is -0.149. The highest BCUT2D eigenvalue weighted by Crippen LogP contribution is 2.32. The van der Waals surface area contributed by atoms with Gasteiger partial charge in [-0.15, -0.1) is 0 Å². The Hall–Kier alpha value is -1.56. The van der Waals surface area contributed by atoms with Crippen molar-refractivity contribution in [3.63, 3.8) is 0 Å². The molecular formula is C10H10F3NO2. The van der Waals surface area contributed by atoms with E-state index in [1.54, 1.807) is 0 Å². The van der Waals surface area contributed by atoms with Crippen LogP contribution in [0.25, 0.3) is 0 Å². The summed E-state index contributed by atoms with van der Waals surface area (Å²) in [6.45, 7) is 1.45. The average molecular weight is 233 g/mol. The fourth-order valence-corrected chi connectivity index (χ4v) is 1.28. The SMILES string of the molecule is Cc1ccc(C(=O)O)cc1[C@@H](N)C(F)(F)F. The van der Waals surface area contributed by atoms with Crippen molar-refractivity contribution < 1.29 is 23.1 Å². The second-order valence-corrected chi connectivity index (χ2v) is 3.40. The van der Waals surface area contributed by atoms with Crippen molar-refractivity contribution in [1.82, 2.24) is 0 Å². The highest BCUT2D eigenvalue weighted by atomic mass is 19.4. The van der Waals surface area contributed by atoms with Crippen LogP contribution >= 0.6 is 0 Å². The molecule has 0 fully saturated rings. The van der Waals surface area contributed by atoms with Crippen molar-refractivity contribution >= 4 is 5.97 Å². The molecule has 1 rings (SSSR count). The van der Waals surface area contributed by atoms with Crippen LogP contribution in [0.4, 0.5) is 13.2 Å². The predicted molar refractivity (Wildman–Crippen MR) is 51.1 cm³/mol. The number of halogens is 3. The number of benzene rings is 1. The number of carbonyl (C=O) groups is 1. The molecule has 0 aromatic heterocycles. The first-order valence-corrected chi connectivity index (χ1v) is 4.39. The molecule has 0 saturated carbocycles. The van der Waals surface area contributed by atoms with E-state index in [1.165, 1.54) is 19.1 Å². The van der Waals surface area contributed by atoms with E-state index in [9.17, 15) is 18.0 Å². The topological polar surface area (TPSA) is 63.3 Å². The fraction of sp³-hybridized carbons (Fsp3) is 0.300. The first kappa shape index (κ1) is 12.5. The Labute approximate surface area is 89.7 Å². The van der Waals surface area contributed by atoms with E-state index in [4.69, 9.17) is 10.8 Å². The summed E-state index contributed by atoms with van der Waals surface area (Å²) in [5, 5.41) is 8.66. The standard InChI is InChI=1S/C10H10F3NO2/c1-5-2-3-6(9(15)16)4-7(5)8(14)10(11,12)13/h2-4,8H,14H2,1H3,(H,15,16)/t8-/m1/s1. The van der Waals surface area contributed by atoms with Gasteiger partial charge in [0.25, 0.3) is 0 Å². The quantitative estimate of drug-likeness (QED) is 0.823. The minimum atomic E-state index is -4.58. The van der Waals surface area contributed by atoms with Crippen molar-refractivity contribution in [3.05, 3.63) is 34.9 Å². The fourth-order valence-electron chi connectivity index (χ4n) is 1.28. The lowest BCUT2D eigenvalue weighted by Crippen LogP contribution is -2.29. The molecule has 3 nitrogen and oxygen atoms in total. The molecular weight excluding hydrogens is 223 g/mol. The molecule has 0 heterocycles. The van der Waals surface area contributed by atoms with Gasteiger partial charge in [0.1, 0.15) is 6.04 Å². The van der Waals surface area contributed by atoms with Crippen LogP contribution in [0, 0.1) is 6.92 Å². The summed E-state index contributed by atoms with van der Waals surface area (Å²) >= 11 is 0. The maximum Gasteiger partial charge on any atom is 0.407 e. The molecule has 0 bridgehead atoms. The van der Waals surface area contributed by atoms with E-state index >= 15 is 0 Å². The average Bonchev–Trinajstić information content (AvgIpc) is 2.15. The number of carboxylic acids is 1. The van der Waals surface area contributed by atoms with Crippen LogP contribution in [0.5, 0.6) is 0 Å². The normalized spacial score (nSPS) is 13.6. The molecule has 0 unspecified atom stereocenters. The van der Waals surface area contributed by atoms with Crippen LogP contribution in [0.1, 0.15) is 27.5 Å². The zero-order valence-electron chi connectivity index (χ0n) is 8.38. The number of rotatable bonds is 2. The Balaban J connectivity index is 3.22. The summed E-state index contributed by atoms with van der Waals surface area (Å²) in [5.41, 5.74) is 4.92. The van der Waals surface area contributed by atoms with Gasteiger partial charge in [0.15, 0.2) is 0 Å². The van der Waals surface area contributed by atoms with Crippen LogP contribution in [0.15, 0.2) is 18.2 Å². The van der Waals surface area contributed by atoms with Crippen LogP contribution < -0.4 is 5.73 Å². The van der Waals surface area contributed by atoms with Gasteiger partial charge >= 0.3 is 12.1 Å². The number of alkyl halides is 3. The second kappa shape index (κ2) is 4.13. The minimum Gasteiger partial charge on any atom is -0.478 e. The summed E-state index contributed by atoms with van der Waals surface area (Å²) in [6, 6.07) is 1.34. The third-order valence-electron chi connectivity index (χ3n) is 2.21. The smallest absolute Gasteiger partial charge is 0.407 e. The number of hydrogen-bond donors (Lipinski definition) is 2. The summed E-state index contributed by atoms with van der Waals surface area (Å²) in [7, 11) is 0. The molecule has 0 aliphatic rings. The molecule has 1 atom stereocenters. The Kier molecular flexibility index (Phi) is 3.23. The maximum atomic E-state index is 12.4. The number of aryl methyl sites for hydroxylation is 1. The highest BCUT2D eigenvalue weighted by Gasteiger charge is 2.38. The molecule has 88 valence electrons. The summed E-state index contributed by atoms with van der Waals surface area (Å²) in [5.74, 6) is -1.28.